The highest BCUT2D eigenvalue weighted by atomic mass is 16.5. The van der Waals surface area contributed by atoms with Crippen LogP contribution in [0.15, 0.2) is 143 Å². The summed E-state index contributed by atoms with van der Waals surface area (Å²) in [5.74, 6) is 1.33. The molecule has 2 heterocycles. The quantitative estimate of drug-likeness (QED) is 0.218. The molecule has 202 valence electrons. The largest absolute Gasteiger partial charge is 0.475 e. The summed E-state index contributed by atoms with van der Waals surface area (Å²) in [6.45, 7) is 1.10. The standard InChI is InChI=1S/C38H28N2O2/c1-3-13-27(14-4-1)33-24-41-38(40-33)32-22-20-26-12-8-10-18-30(26)36(32)35-29-17-9-7-11-25(29)19-21-31(35)37-39-23-34(42-37)28-15-5-2-6-16-28/h1-22,33-34H,23-24H2. The second-order valence-electron chi connectivity index (χ2n) is 10.8. The van der Waals surface area contributed by atoms with E-state index < -0.39 is 0 Å². The van der Waals surface area contributed by atoms with Crippen LogP contribution in [0.3, 0.4) is 0 Å². The molecule has 0 amide bonds. The van der Waals surface area contributed by atoms with E-state index in [1.165, 1.54) is 0 Å². The van der Waals surface area contributed by atoms with E-state index >= 15 is 0 Å². The zero-order chi connectivity index (χ0) is 27.9. The number of benzene rings is 6. The van der Waals surface area contributed by atoms with Crippen LogP contribution in [0.5, 0.6) is 0 Å². The summed E-state index contributed by atoms with van der Waals surface area (Å²) in [6.07, 6.45) is -0.110. The minimum Gasteiger partial charge on any atom is -0.475 e. The summed E-state index contributed by atoms with van der Waals surface area (Å²) in [4.78, 5) is 10.1. The summed E-state index contributed by atoms with van der Waals surface area (Å²) < 4.78 is 12.9. The van der Waals surface area contributed by atoms with Gasteiger partial charge in [-0.05, 0) is 44.8 Å². The molecule has 0 saturated carbocycles. The predicted molar refractivity (Wildman–Crippen MR) is 170 cm³/mol. The van der Waals surface area contributed by atoms with Crippen molar-refractivity contribution in [2.75, 3.05) is 13.2 Å². The molecule has 4 heteroatoms. The van der Waals surface area contributed by atoms with E-state index in [2.05, 4.69) is 109 Å². The normalized spacial score (nSPS) is 18.0. The first-order valence-electron chi connectivity index (χ1n) is 14.4. The topological polar surface area (TPSA) is 43.2 Å². The van der Waals surface area contributed by atoms with Crippen LogP contribution in [0.4, 0.5) is 0 Å². The third-order valence-electron chi connectivity index (χ3n) is 8.23. The van der Waals surface area contributed by atoms with Gasteiger partial charge in [0.05, 0.1) is 6.54 Å². The number of aliphatic imine (C=N–C) groups is 2. The van der Waals surface area contributed by atoms with Crippen molar-refractivity contribution in [1.82, 2.24) is 0 Å². The Labute approximate surface area is 244 Å². The second kappa shape index (κ2) is 10.3. The molecule has 2 aliphatic rings. The summed E-state index contributed by atoms with van der Waals surface area (Å²) >= 11 is 0. The van der Waals surface area contributed by atoms with Gasteiger partial charge >= 0.3 is 0 Å². The number of fused-ring (bicyclic) bond motifs is 2. The predicted octanol–water partition coefficient (Wildman–Crippen LogP) is 8.70. The van der Waals surface area contributed by atoms with Crippen molar-refractivity contribution in [3.05, 3.63) is 156 Å². The van der Waals surface area contributed by atoms with E-state index in [0.29, 0.717) is 24.9 Å². The van der Waals surface area contributed by atoms with Crippen molar-refractivity contribution >= 4 is 33.3 Å². The third kappa shape index (κ3) is 4.24. The Morgan fingerprint density at radius 2 is 1.07 bits per heavy atom. The Morgan fingerprint density at radius 1 is 0.524 bits per heavy atom. The van der Waals surface area contributed by atoms with Gasteiger partial charge in [0, 0.05) is 22.3 Å². The van der Waals surface area contributed by atoms with E-state index in [-0.39, 0.29) is 12.1 Å². The Bertz CT molecular complexity index is 2000. The molecule has 0 spiro atoms. The minimum atomic E-state index is -0.110. The third-order valence-corrected chi connectivity index (χ3v) is 8.23. The van der Waals surface area contributed by atoms with Gasteiger partial charge in [-0.2, -0.15) is 0 Å². The first kappa shape index (κ1) is 24.6. The van der Waals surface area contributed by atoms with Crippen LogP contribution < -0.4 is 0 Å². The Kier molecular flexibility index (Phi) is 6.03. The molecule has 42 heavy (non-hydrogen) atoms. The fourth-order valence-corrected chi connectivity index (χ4v) is 6.17. The molecule has 4 nitrogen and oxygen atoms in total. The van der Waals surface area contributed by atoms with Crippen LogP contribution in [0, 0.1) is 0 Å². The molecular formula is C38H28N2O2. The molecule has 0 fully saturated rings. The first-order valence-corrected chi connectivity index (χ1v) is 14.4. The number of rotatable bonds is 5. The number of nitrogens with zero attached hydrogens (tertiary/aromatic N) is 2. The van der Waals surface area contributed by atoms with Crippen LogP contribution in [0.1, 0.15) is 34.4 Å². The molecule has 8 rings (SSSR count). The van der Waals surface area contributed by atoms with Crippen LogP contribution in [0.25, 0.3) is 32.7 Å². The molecule has 2 unspecified atom stereocenters. The maximum absolute atomic E-state index is 6.59. The molecule has 0 N–H and O–H groups in total. The molecule has 2 aliphatic heterocycles. The maximum atomic E-state index is 6.59. The summed E-state index contributed by atoms with van der Waals surface area (Å²) in [5, 5.41) is 4.59. The van der Waals surface area contributed by atoms with E-state index in [1.807, 2.05) is 24.3 Å². The van der Waals surface area contributed by atoms with E-state index in [1.54, 1.807) is 0 Å². The minimum absolute atomic E-state index is 0.0401. The van der Waals surface area contributed by atoms with Gasteiger partial charge in [0.25, 0.3) is 0 Å². The highest BCUT2D eigenvalue weighted by Gasteiger charge is 2.29. The molecule has 2 atom stereocenters. The van der Waals surface area contributed by atoms with Gasteiger partial charge < -0.3 is 9.47 Å². The average Bonchev–Trinajstić information content (AvgIpc) is 3.76. The summed E-state index contributed by atoms with van der Waals surface area (Å²) in [7, 11) is 0. The lowest BCUT2D eigenvalue weighted by molar-refractivity contribution is 0.230. The van der Waals surface area contributed by atoms with Crippen LogP contribution in [-0.2, 0) is 9.47 Å². The highest BCUT2D eigenvalue weighted by molar-refractivity contribution is 6.19. The molecule has 0 saturated heterocycles. The molecule has 6 aromatic rings. The number of hydrogen-bond acceptors (Lipinski definition) is 4. The van der Waals surface area contributed by atoms with Crippen molar-refractivity contribution in [1.29, 1.82) is 0 Å². The molecule has 0 bridgehead atoms. The average molecular weight is 545 g/mol. The van der Waals surface area contributed by atoms with Crippen molar-refractivity contribution in [3.8, 4) is 11.1 Å². The van der Waals surface area contributed by atoms with Gasteiger partial charge in [-0.15, -0.1) is 0 Å². The van der Waals surface area contributed by atoms with E-state index in [9.17, 15) is 0 Å². The van der Waals surface area contributed by atoms with Crippen molar-refractivity contribution < 1.29 is 9.47 Å². The molecule has 0 aliphatic carbocycles. The highest BCUT2D eigenvalue weighted by Crippen LogP contribution is 2.42. The lowest BCUT2D eigenvalue weighted by Crippen LogP contribution is -2.10. The van der Waals surface area contributed by atoms with Crippen LogP contribution in [-0.4, -0.2) is 24.9 Å². The molecule has 0 radical (unpaired) electrons. The Balaban J connectivity index is 1.34. The van der Waals surface area contributed by atoms with E-state index in [0.717, 1.165) is 54.9 Å². The molecule has 0 aromatic heterocycles. The monoisotopic (exact) mass is 544 g/mol. The van der Waals surface area contributed by atoms with Crippen LogP contribution in [0.2, 0.25) is 0 Å². The maximum Gasteiger partial charge on any atom is 0.217 e. The first-order chi connectivity index (χ1) is 20.8. The molecule has 6 aromatic carbocycles. The van der Waals surface area contributed by atoms with Crippen molar-refractivity contribution in [2.45, 2.75) is 12.1 Å². The van der Waals surface area contributed by atoms with Crippen molar-refractivity contribution in [3.63, 3.8) is 0 Å². The fraction of sp³-hybridized carbons (Fsp3) is 0.105. The van der Waals surface area contributed by atoms with Crippen LogP contribution >= 0.6 is 0 Å². The lowest BCUT2D eigenvalue weighted by atomic mass is 9.87. The van der Waals surface area contributed by atoms with Gasteiger partial charge in [0.1, 0.15) is 18.8 Å². The number of ether oxygens (including phenoxy) is 2. The van der Waals surface area contributed by atoms with Gasteiger partial charge in [-0.1, -0.05) is 121 Å². The Hall–Kier alpha value is -5.22. The fourth-order valence-electron chi connectivity index (χ4n) is 6.17. The SMILES string of the molecule is c1ccc(C2COC(c3ccc4ccccc4c3-c3c(C4=NCC(c5ccccc5)O4)ccc4ccccc34)=N2)cc1. The smallest absolute Gasteiger partial charge is 0.217 e. The van der Waals surface area contributed by atoms with Crippen molar-refractivity contribution in [2.24, 2.45) is 9.98 Å². The van der Waals surface area contributed by atoms with Gasteiger partial charge in [-0.25, -0.2) is 9.98 Å². The van der Waals surface area contributed by atoms with Gasteiger partial charge in [0.2, 0.25) is 11.8 Å². The number of hydrogen-bond donors (Lipinski definition) is 0. The van der Waals surface area contributed by atoms with Gasteiger partial charge in [-0.3, -0.25) is 0 Å². The molecular weight excluding hydrogens is 516 g/mol. The summed E-state index contributed by atoms with van der Waals surface area (Å²) in [6, 6.07) is 46.3. The van der Waals surface area contributed by atoms with E-state index in [4.69, 9.17) is 19.5 Å². The second-order valence-corrected chi connectivity index (χ2v) is 10.8. The summed E-state index contributed by atoms with van der Waals surface area (Å²) in [5.41, 5.74) is 6.40. The lowest BCUT2D eigenvalue weighted by Gasteiger charge is -2.20. The van der Waals surface area contributed by atoms with Gasteiger partial charge in [0.15, 0.2) is 0 Å². The zero-order valence-electron chi connectivity index (χ0n) is 23.0. The zero-order valence-corrected chi connectivity index (χ0v) is 23.0. The Morgan fingerprint density at radius 3 is 1.71 bits per heavy atom.